The van der Waals surface area contributed by atoms with Gasteiger partial charge in [0.05, 0.1) is 13.0 Å². The van der Waals surface area contributed by atoms with Crippen LogP contribution in [0.3, 0.4) is 0 Å². The summed E-state index contributed by atoms with van der Waals surface area (Å²) >= 11 is 17.5. The normalized spacial score (nSPS) is 15.3. The summed E-state index contributed by atoms with van der Waals surface area (Å²) in [6.45, 7) is 0.207. The maximum absolute atomic E-state index is 13.4. The molecule has 1 aliphatic rings. The van der Waals surface area contributed by atoms with Crippen molar-refractivity contribution >= 4 is 63.9 Å². The van der Waals surface area contributed by atoms with Crippen LogP contribution in [0.1, 0.15) is 22.3 Å². The smallest absolute Gasteiger partial charge is 0.269 e. The van der Waals surface area contributed by atoms with E-state index in [1.54, 1.807) is 48.5 Å². The van der Waals surface area contributed by atoms with Gasteiger partial charge in [-0.05, 0) is 60.2 Å². The Morgan fingerprint density at radius 2 is 1.63 bits per heavy atom. The third kappa shape index (κ3) is 5.97. The van der Waals surface area contributed by atoms with Gasteiger partial charge in [0.15, 0.2) is 5.11 Å². The molecule has 0 radical (unpaired) electrons. The maximum Gasteiger partial charge on any atom is 0.269 e. The molecule has 4 rings (SSSR count). The van der Waals surface area contributed by atoms with Crippen LogP contribution in [0.5, 0.6) is 0 Å². The third-order valence-electron chi connectivity index (χ3n) is 5.30. The number of benzene rings is 3. The van der Waals surface area contributed by atoms with Crippen molar-refractivity contribution in [1.29, 1.82) is 0 Å². The average molecular weight is 527 g/mol. The van der Waals surface area contributed by atoms with Crippen LogP contribution in [0.2, 0.25) is 10.0 Å². The molecule has 3 aromatic carbocycles. The van der Waals surface area contributed by atoms with Gasteiger partial charge in [0.2, 0.25) is 5.91 Å². The highest BCUT2D eigenvalue weighted by Crippen LogP contribution is 2.23. The minimum Gasteiger partial charge on any atom is -0.326 e. The monoisotopic (exact) mass is 526 g/mol. The first-order valence-corrected chi connectivity index (χ1v) is 11.8. The second-order valence-corrected chi connectivity index (χ2v) is 9.03. The molecule has 2 N–H and O–H groups in total. The van der Waals surface area contributed by atoms with E-state index in [4.69, 9.17) is 35.4 Å². The molecule has 7 nitrogen and oxygen atoms in total. The Balaban J connectivity index is 1.56. The molecule has 3 aromatic rings. The predicted octanol–water partition coefficient (Wildman–Crippen LogP) is 4.66. The lowest BCUT2D eigenvalue weighted by molar-refractivity contribution is -0.131. The Kier molecular flexibility index (Phi) is 7.65. The number of hydrogen-bond donors (Lipinski definition) is 2. The maximum atomic E-state index is 13.4. The Hall–Kier alpha value is -3.46. The molecule has 0 aliphatic carbocycles. The van der Waals surface area contributed by atoms with Crippen molar-refractivity contribution in [3.05, 3.63) is 100 Å². The number of nitrogens with zero attached hydrogens (tertiary/aromatic N) is 2. The first kappa shape index (κ1) is 24.7. The van der Waals surface area contributed by atoms with Gasteiger partial charge in [-0.3, -0.25) is 24.7 Å². The summed E-state index contributed by atoms with van der Waals surface area (Å²) in [6.07, 6.45) is -0.238. The zero-order valence-corrected chi connectivity index (χ0v) is 20.6. The van der Waals surface area contributed by atoms with E-state index in [1.165, 1.54) is 9.91 Å². The van der Waals surface area contributed by atoms with E-state index >= 15 is 0 Å². The summed E-state index contributed by atoms with van der Waals surface area (Å²) in [7, 11) is 0. The lowest BCUT2D eigenvalue weighted by Gasteiger charge is -2.24. The summed E-state index contributed by atoms with van der Waals surface area (Å²) < 4.78 is 0. The molecule has 1 saturated heterocycles. The van der Waals surface area contributed by atoms with E-state index in [2.05, 4.69) is 10.7 Å². The Labute approximate surface area is 217 Å². The van der Waals surface area contributed by atoms with Gasteiger partial charge in [-0.15, -0.1) is 0 Å². The Morgan fingerprint density at radius 3 is 2.31 bits per heavy atom. The molecule has 1 fully saturated rings. The summed E-state index contributed by atoms with van der Waals surface area (Å²) in [5.74, 6) is -1.31. The van der Waals surface area contributed by atoms with E-state index in [-0.39, 0.29) is 18.1 Å². The largest absolute Gasteiger partial charge is 0.326 e. The number of hydrogen-bond acceptors (Lipinski definition) is 4. The van der Waals surface area contributed by atoms with Gasteiger partial charge in [0.1, 0.15) is 6.04 Å². The number of hydrazine groups is 1. The lowest BCUT2D eigenvalue weighted by atomic mass is 10.1. The quantitative estimate of drug-likeness (QED) is 0.437. The molecule has 1 atom stereocenters. The number of rotatable bonds is 7. The second kappa shape index (κ2) is 10.9. The molecule has 0 aromatic heterocycles. The standard InChI is InChI=1S/C25H20Cl2N4O3S/c26-18-11-9-17(10-12-18)23(33)29-31-21(14-22(32)28-20-8-4-7-19(27)13-20)24(34)30(25(31)35)15-16-5-2-1-3-6-16/h1-13,21H,14-15H2,(H,28,32)(H,29,33). The first-order valence-electron chi connectivity index (χ1n) is 10.6. The van der Waals surface area contributed by atoms with Crippen molar-refractivity contribution in [2.24, 2.45) is 0 Å². The van der Waals surface area contributed by atoms with Crippen LogP contribution >= 0.6 is 35.4 Å². The zero-order valence-electron chi connectivity index (χ0n) is 18.3. The van der Waals surface area contributed by atoms with Gasteiger partial charge in [-0.2, -0.15) is 0 Å². The third-order valence-corrected chi connectivity index (χ3v) is 6.20. The number of anilines is 1. The number of nitrogens with one attached hydrogen (secondary N) is 2. The molecule has 178 valence electrons. The first-order chi connectivity index (χ1) is 16.8. The highest BCUT2D eigenvalue weighted by Gasteiger charge is 2.44. The molecule has 10 heteroatoms. The number of halogens is 2. The van der Waals surface area contributed by atoms with Crippen molar-refractivity contribution in [3.63, 3.8) is 0 Å². The fourth-order valence-electron chi connectivity index (χ4n) is 3.59. The van der Waals surface area contributed by atoms with Crippen LogP contribution in [-0.4, -0.2) is 38.8 Å². The molecule has 1 aliphatic heterocycles. The van der Waals surface area contributed by atoms with E-state index in [1.807, 2.05) is 30.3 Å². The fourth-order valence-corrected chi connectivity index (χ4v) is 4.24. The van der Waals surface area contributed by atoms with Crippen molar-refractivity contribution in [3.8, 4) is 0 Å². The molecule has 0 spiro atoms. The zero-order chi connectivity index (χ0) is 24.9. The topological polar surface area (TPSA) is 81.8 Å². The molecular formula is C25H20Cl2N4O3S. The summed E-state index contributed by atoms with van der Waals surface area (Å²) in [4.78, 5) is 40.4. The van der Waals surface area contributed by atoms with Gasteiger partial charge >= 0.3 is 0 Å². The van der Waals surface area contributed by atoms with Gasteiger partial charge in [-0.1, -0.05) is 59.6 Å². The molecular weight excluding hydrogens is 507 g/mol. The molecule has 3 amide bonds. The second-order valence-electron chi connectivity index (χ2n) is 7.79. The van der Waals surface area contributed by atoms with E-state index in [0.29, 0.717) is 21.3 Å². The van der Waals surface area contributed by atoms with Crippen molar-refractivity contribution < 1.29 is 14.4 Å². The van der Waals surface area contributed by atoms with Crippen LogP contribution in [0.15, 0.2) is 78.9 Å². The van der Waals surface area contributed by atoms with Gasteiger partial charge in [0.25, 0.3) is 11.8 Å². The van der Waals surface area contributed by atoms with Crippen LogP contribution in [0.25, 0.3) is 0 Å². The molecule has 0 bridgehead atoms. The van der Waals surface area contributed by atoms with Crippen molar-refractivity contribution in [1.82, 2.24) is 15.3 Å². The summed E-state index contributed by atoms with van der Waals surface area (Å²) in [5.41, 5.74) is 4.36. The SMILES string of the molecule is O=C(CC1C(=O)N(Cc2ccccc2)C(=S)N1NC(=O)c1ccc(Cl)cc1)Nc1cccc(Cl)c1. The minimum absolute atomic E-state index is 0.0988. The minimum atomic E-state index is -1.03. The Bertz CT molecular complexity index is 1270. The Morgan fingerprint density at radius 1 is 0.914 bits per heavy atom. The van der Waals surface area contributed by atoms with Crippen LogP contribution < -0.4 is 10.7 Å². The highest BCUT2D eigenvalue weighted by molar-refractivity contribution is 7.80. The molecule has 1 unspecified atom stereocenters. The van der Waals surface area contributed by atoms with Gasteiger partial charge in [0, 0.05) is 21.3 Å². The number of carbonyl (C=O) groups excluding carboxylic acids is 3. The van der Waals surface area contributed by atoms with Crippen molar-refractivity contribution in [2.45, 2.75) is 19.0 Å². The van der Waals surface area contributed by atoms with Crippen LogP contribution in [-0.2, 0) is 16.1 Å². The van der Waals surface area contributed by atoms with Gasteiger partial charge < -0.3 is 5.32 Å². The summed E-state index contributed by atoms with van der Waals surface area (Å²) in [6, 6.07) is 21.2. The fraction of sp³-hybridized carbons (Fsp3) is 0.120. The van der Waals surface area contributed by atoms with Crippen LogP contribution in [0, 0.1) is 0 Å². The molecule has 0 saturated carbocycles. The van der Waals surface area contributed by atoms with E-state index < -0.39 is 23.8 Å². The summed E-state index contributed by atoms with van der Waals surface area (Å²) in [5, 5.41) is 5.05. The number of thiocarbonyl (C=S) groups is 1. The average Bonchev–Trinajstić information content (AvgIpc) is 3.04. The molecule has 35 heavy (non-hydrogen) atoms. The number of amides is 3. The van der Waals surface area contributed by atoms with Gasteiger partial charge in [-0.25, -0.2) is 5.01 Å². The highest BCUT2D eigenvalue weighted by atomic mass is 35.5. The number of carbonyl (C=O) groups is 3. The van der Waals surface area contributed by atoms with Crippen LogP contribution in [0.4, 0.5) is 5.69 Å². The predicted molar refractivity (Wildman–Crippen MR) is 139 cm³/mol. The van der Waals surface area contributed by atoms with E-state index in [9.17, 15) is 14.4 Å². The van der Waals surface area contributed by atoms with E-state index in [0.717, 1.165) is 5.56 Å². The van der Waals surface area contributed by atoms with Crippen molar-refractivity contribution in [2.75, 3.05) is 5.32 Å². The molecule has 1 heterocycles. The lowest BCUT2D eigenvalue weighted by Crippen LogP contribution is -2.49.